The van der Waals surface area contributed by atoms with Crippen molar-refractivity contribution in [1.29, 1.82) is 5.41 Å². The Kier molecular flexibility index (Phi) is 1.59. The number of benzene rings is 1. The summed E-state index contributed by atoms with van der Waals surface area (Å²) in [7, 11) is 0. The molecule has 0 saturated carbocycles. The van der Waals surface area contributed by atoms with Crippen molar-refractivity contribution in [3.05, 3.63) is 34.2 Å². The highest BCUT2D eigenvalue weighted by Crippen LogP contribution is 2.21. The first kappa shape index (κ1) is 8.47. The van der Waals surface area contributed by atoms with E-state index in [2.05, 4.69) is 4.98 Å². The molecule has 1 aliphatic heterocycles. The topological polar surface area (TPSA) is 61.6 Å². The van der Waals surface area contributed by atoms with E-state index in [1.54, 1.807) is 4.57 Å². The molecular weight excluding hydrogens is 190 g/mol. The second-order valence-electron chi connectivity index (χ2n) is 3.87. The number of imidazole rings is 1. The van der Waals surface area contributed by atoms with Crippen LogP contribution in [0.5, 0.6) is 0 Å². The summed E-state index contributed by atoms with van der Waals surface area (Å²) in [6.45, 7) is 0.707. The molecule has 4 nitrogen and oxygen atoms in total. The number of aryl methyl sites for hydroxylation is 1. The van der Waals surface area contributed by atoms with Crippen LogP contribution in [0.4, 0.5) is 0 Å². The normalized spacial score (nSPS) is 15.6. The molecule has 3 rings (SSSR count). The van der Waals surface area contributed by atoms with Crippen molar-refractivity contribution in [3.63, 3.8) is 0 Å². The molecule has 1 aliphatic rings. The zero-order valence-electron chi connectivity index (χ0n) is 8.21. The molecule has 1 aromatic carbocycles. The maximum Gasteiger partial charge on any atom is 0.326 e. The highest BCUT2D eigenvalue weighted by atomic mass is 16.1. The average molecular weight is 201 g/mol. The third kappa shape index (κ3) is 1.08. The van der Waals surface area contributed by atoms with Gasteiger partial charge in [-0.2, -0.15) is 0 Å². The first-order valence-corrected chi connectivity index (χ1v) is 5.07. The first-order valence-electron chi connectivity index (χ1n) is 5.07. The Morgan fingerprint density at radius 2 is 2.27 bits per heavy atom. The Labute approximate surface area is 86.1 Å². The summed E-state index contributed by atoms with van der Waals surface area (Å²) in [6.07, 6.45) is 1.61. The van der Waals surface area contributed by atoms with Crippen LogP contribution in [0.25, 0.3) is 11.0 Å². The minimum absolute atomic E-state index is 0.0628. The quantitative estimate of drug-likeness (QED) is 0.666. The number of nitrogens with zero attached hydrogens (tertiary/aromatic N) is 1. The lowest BCUT2D eigenvalue weighted by molar-refractivity contribution is 0.661. The van der Waals surface area contributed by atoms with Crippen LogP contribution >= 0.6 is 0 Å². The Balaban J connectivity index is 2.52. The van der Waals surface area contributed by atoms with Crippen molar-refractivity contribution >= 4 is 16.7 Å². The Hall–Kier alpha value is -1.84. The van der Waals surface area contributed by atoms with Crippen molar-refractivity contribution in [2.45, 2.75) is 19.4 Å². The fraction of sp³-hybridized carbons (Fsp3) is 0.273. The molecule has 0 saturated heterocycles. The molecule has 0 fully saturated rings. The predicted molar refractivity (Wildman–Crippen MR) is 58.6 cm³/mol. The van der Waals surface area contributed by atoms with Crippen LogP contribution in [0.3, 0.4) is 0 Å². The molecule has 0 amide bonds. The van der Waals surface area contributed by atoms with Gasteiger partial charge in [0.1, 0.15) is 0 Å². The number of aromatic amines is 1. The predicted octanol–water partition coefficient (Wildman–Crippen LogP) is 1.49. The summed E-state index contributed by atoms with van der Waals surface area (Å²) >= 11 is 0. The van der Waals surface area contributed by atoms with Gasteiger partial charge in [0.15, 0.2) is 0 Å². The Bertz CT molecular complexity index is 606. The molecule has 2 heterocycles. The van der Waals surface area contributed by atoms with E-state index in [1.165, 1.54) is 0 Å². The summed E-state index contributed by atoms with van der Waals surface area (Å²) in [5.74, 6) is 0. The Morgan fingerprint density at radius 3 is 3.13 bits per heavy atom. The summed E-state index contributed by atoms with van der Waals surface area (Å²) in [5.41, 5.74) is 3.19. The standard InChI is InChI=1S/C11H11N3O/c12-8-4-2-6-14-10-7(8)3-1-5-9(10)13-11(14)15/h1,3,5,12H,2,4,6H2,(H,13,15). The van der Waals surface area contributed by atoms with Crippen LogP contribution in [0.1, 0.15) is 18.4 Å². The van der Waals surface area contributed by atoms with E-state index in [0.717, 1.165) is 29.4 Å². The van der Waals surface area contributed by atoms with E-state index in [4.69, 9.17) is 5.41 Å². The molecule has 0 aliphatic carbocycles. The molecule has 0 unspecified atom stereocenters. The molecule has 15 heavy (non-hydrogen) atoms. The largest absolute Gasteiger partial charge is 0.326 e. The van der Waals surface area contributed by atoms with Crippen molar-refractivity contribution in [3.8, 4) is 0 Å². The highest BCUT2D eigenvalue weighted by Gasteiger charge is 2.16. The van der Waals surface area contributed by atoms with Gasteiger partial charge in [0.05, 0.1) is 11.0 Å². The summed E-state index contributed by atoms with van der Waals surface area (Å²) < 4.78 is 1.74. The van der Waals surface area contributed by atoms with Crippen LogP contribution in [-0.4, -0.2) is 15.3 Å². The van der Waals surface area contributed by atoms with Gasteiger partial charge in [-0.1, -0.05) is 12.1 Å². The van der Waals surface area contributed by atoms with Crippen LogP contribution in [0, 0.1) is 5.41 Å². The van der Waals surface area contributed by atoms with Gasteiger partial charge in [-0.05, 0) is 18.9 Å². The maximum atomic E-state index is 11.7. The van der Waals surface area contributed by atoms with E-state index in [9.17, 15) is 4.79 Å². The summed E-state index contributed by atoms with van der Waals surface area (Å²) in [4.78, 5) is 14.5. The summed E-state index contributed by atoms with van der Waals surface area (Å²) in [6, 6.07) is 5.69. The number of rotatable bonds is 0. The van der Waals surface area contributed by atoms with Crippen molar-refractivity contribution in [2.24, 2.45) is 0 Å². The zero-order valence-corrected chi connectivity index (χ0v) is 8.21. The minimum Gasteiger partial charge on any atom is -0.306 e. The van der Waals surface area contributed by atoms with Crippen LogP contribution in [0.2, 0.25) is 0 Å². The molecule has 0 bridgehead atoms. The second kappa shape index (κ2) is 2.82. The molecule has 2 N–H and O–H groups in total. The molecule has 0 spiro atoms. The smallest absolute Gasteiger partial charge is 0.306 e. The van der Waals surface area contributed by atoms with Crippen molar-refractivity contribution in [1.82, 2.24) is 9.55 Å². The number of hydrogen-bond donors (Lipinski definition) is 2. The van der Waals surface area contributed by atoms with Gasteiger partial charge in [-0.3, -0.25) is 4.57 Å². The van der Waals surface area contributed by atoms with Crippen LogP contribution in [0.15, 0.2) is 23.0 Å². The number of hydrogen-bond acceptors (Lipinski definition) is 2. The maximum absolute atomic E-state index is 11.7. The molecule has 4 heteroatoms. The molecule has 1 aromatic heterocycles. The molecule has 0 radical (unpaired) electrons. The Morgan fingerprint density at radius 1 is 1.40 bits per heavy atom. The van der Waals surface area contributed by atoms with Crippen LogP contribution in [-0.2, 0) is 6.54 Å². The second-order valence-corrected chi connectivity index (χ2v) is 3.87. The first-order chi connectivity index (χ1) is 7.27. The monoisotopic (exact) mass is 201 g/mol. The molecule has 0 atom stereocenters. The molecule has 2 aromatic rings. The van der Waals surface area contributed by atoms with Gasteiger partial charge in [-0.15, -0.1) is 0 Å². The highest BCUT2D eigenvalue weighted by molar-refractivity contribution is 6.08. The lowest BCUT2D eigenvalue weighted by Crippen LogP contribution is -2.16. The van der Waals surface area contributed by atoms with Gasteiger partial charge >= 0.3 is 5.69 Å². The van der Waals surface area contributed by atoms with Gasteiger partial charge in [0, 0.05) is 17.8 Å². The van der Waals surface area contributed by atoms with Gasteiger partial charge < -0.3 is 10.4 Å². The lowest BCUT2D eigenvalue weighted by atomic mass is 10.1. The molecular formula is C11H11N3O. The minimum atomic E-state index is -0.0628. The number of aromatic nitrogens is 2. The number of nitrogens with one attached hydrogen (secondary N) is 2. The van der Waals surface area contributed by atoms with E-state index in [-0.39, 0.29) is 5.69 Å². The van der Waals surface area contributed by atoms with Crippen molar-refractivity contribution < 1.29 is 0 Å². The van der Waals surface area contributed by atoms with Gasteiger partial charge in [0.25, 0.3) is 0 Å². The SMILES string of the molecule is N=C1CCCn2c(=O)[nH]c3cccc1c32. The average Bonchev–Trinajstić information content (AvgIpc) is 2.43. The van der Waals surface area contributed by atoms with Gasteiger partial charge in [0.2, 0.25) is 0 Å². The fourth-order valence-corrected chi connectivity index (χ4v) is 2.22. The summed E-state index contributed by atoms with van der Waals surface area (Å²) in [5, 5.41) is 7.93. The third-order valence-electron chi connectivity index (χ3n) is 2.93. The zero-order chi connectivity index (χ0) is 10.4. The fourth-order valence-electron chi connectivity index (χ4n) is 2.22. The molecule has 76 valence electrons. The number of H-pyrrole nitrogens is 1. The van der Waals surface area contributed by atoms with Crippen LogP contribution < -0.4 is 5.69 Å². The third-order valence-corrected chi connectivity index (χ3v) is 2.93. The van der Waals surface area contributed by atoms with E-state index in [0.29, 0.717) is 12.3 Å². The van der Waals surface area contributed by atoms with E-state index >= 15 is 0 Å². The lowest BCUT2D eigenvalue weighted by Gasteiger charge is -2.01. The van der Waals surface area contributed by atoms with Gasteiger partial charge in [-0.25, -0.2) is 4.79 Å². The van der Waals surface area contributed by atoms with Crippen molar-refractivity contribution in [2.75, 3.05) is 0 Å². The van der Waals surface area contributed by atoms with E-state index < -0.39 is 0 Å². The number of para-hydroxylation sites is 1. The van der Waals surface area contributed by atoms with E-state index in [1.807, 2.05) is 18.2 Å².